The van der Waals surface area contributed by atoms with Crippen molar-refractivity contribution < 1.29 is 0 Å². The van der Waals surface area contributed by atoms with Crippen LogP contribution in [0.15, 0.2) is 40.9 Å². The lowest BCUT2D eigenvalue weighted by molar-refractivity contribution is 0.637. The number of nitrogens with two attached hydrogens (primary N) is 1. The van der Waals surface area contributed by atoms with Crippen LogP contribution < -0.4 is 11.3 Å². The van der Waals surface area contributed by atoms with E-state index in [1.54, 1.807) is 24.3 Å². The highest BCUT2D eigenvalue weighted by atomic mass is 79.9. The van der Waals surface area contributed by atoms with Gasteiger partial charge in [0.05, 0.1) is 6.04 Å². The van der Waals surface area contributed by atoms with Gasteiger partial charge in [0.1, 0.15) is 0 Å². The maximum Gasteiger partial charge on any atom is 0.0725 e. The van der Waals surface area contributed by atoms with Crippen molar-refractivity contribution in [1.29, 1.82) is 0 Å². The molecule has 1 atom stereocenters. The molecule has 2 aromatic rings. The Kier molecular flexibility index (Phi) is 5.12. The van der Waals surface area contributed by atoms with E-state index < -0.39 is 0 Å². The van der Waals surface area contributed by atoms with E-state index in [1.807, 2.05) is 12.1 Å². The lowest BCUT2D eigenvalue weighted by Crippen LogP contribution is -2.29. The van der Waals surface area contributed by atoms with Crippen LogP contribution in [0.4, 0.5) is 0 Å². The van der Waals surface area contributed by atoms with E-state index in [4.69, 9.17) is 40.6 Å². The maximum atomic E-state index is 6.20. The fraction of sp³-hybridized carbons (Fsp3) is 0.0769. The molecule has 0 radical (unpaired) electrons. The van der Waals surface area contributed by atoms with Crippen molar-refractivity contribution in [1.82, 2.24) is 5.43 Å². The van der Waals surface area contributed by atoms with E-state index in [1.165, 1.54) is 0 Å². The first-order chi connectivity index (χ1) is 9.01. The second-order valence-corrected chi connectivity index (χ2v) is 6.16. The summed E-state index contributed by atoms with van der Waals surface area (Å²) in [6, 6.07) is 10.5. The number of rotatable bonds is 3. The molecule has 2 aromatic carbocycles. The summed E-state index contributed by atoms with van der Waals surface area (Å²) in [5.41, 5.74) is 4.43. The van der Waals surface area contributed by atoms with Crippen molar-refractivity contribution in [2.75, 3.05) is 0 Å². The molecule has 0 saturated heterocycles. The van der Waals surface area contributed by atoms with Crippen LogP contribution in [0.2, 0.25) is 15.1 Å². The van der Waals surface area contributed by atoms with Crippen molar-refractivity contribution in [2.45, 2.75) is 6.04 Å². The molecule has 0 aliphatic carbocycles. The van der Waals surface area contributed by atoms with Gasteiger partial charge in [0, 0.05) is 19.5 Å². The van der Waals surface area contributed by atoms with Crippen molar-refractivity contribution >= 4 is 50.7 Å². The van der Waals surface area contributed by atoms with Gasteiger partial charge in [0.15, 0.2) is 0 Å². The maximum absolute atomic E-state index is 6.20. The van der Waals surface area contributed by atoms with E-state index in [9.17, 15) is 0 Å². The van der Waals surface area contributed by atoms with Gasteiger partial charge in [-0.1, -0.05) is 50.7 Å². The number of halogens is 4. The number of hydrogen-bond donors (Lipinski definition) is 2. The fourth-order valence-electron chi connectivity index (χ4n) is 1.84. The quantitative estimate of drug-likeness (QED) is 0.583. The second-order valence-electron chi connectivity index (χ2n) is 3.97. The zero-order valence-electron chi connectivity index (χ0n) is 9.63. The molecule has 0 aliphatic rings. The SMILES string of the molecule is NNC(c1cc(Cl)cc(Br)c1)c1cc(Cl)ccc1Cl. The number of hydrogen-bond acceptors (Lipinski definition) is 2. The van der Waals surface area contributed by atoms with Gasteiger partial charge in [0.25, 0.3) is 0 Å². The Morgan fingerprint density at radius 1 is 1.00 bits per heavy atom. The predicted molar refractivity (Wildman–Crippen MR) is 84.8 cm³/mol. The summed E-state index contributed by atoms with van der Waals surface area (Å²) >= 11 is 21.7. The average Bonchev–Trinajstić information content (AvgIpc) is 2.33. The zero-order chi connectivity index (χ0) is 14.0. The molecule has 6 heteroatoms. The van der Waals surface area contributed by atoms with Crippen molar-refractivity contribution in [2.24, 2.45) is 5.84 Å². The summed E-state index contributed by atoms with van der Waals surface area (Å²) in [4.78, 5) is 0. The van der Waals surface area contributed by atoms with Crippen LogP contribution >= 0.6 is 50.7 Å². The van der Waals surface area contributed by atoms with Crippen LogP contribution in [-0.4, -0.2) is 0 Å². The Bertz CT molecular complexity index is 584. The summed E-state index contributed by atoms with van der Waals surface area (Å²) < 4.78 is 0.869. The van der Waals surface area contributed by atoms with Crippen LogP contribution in [-0.2, 0) is 0 Å². The van der Waals surface area contributed by atoms with E-state index in [0.717, 1.165) is 15.6 Å². The summed E-state index contributed by atoms with van der Waals surface area (Å²) in [6.07, 6.45) is 0. The highest BCUT2D eigenvalue weighted by molar-refractivity contribution is 9.10. The largest absolute Gasteiger partial charge is 0.271 e. The van der Waals surface area contributed by atoms with Gasteiger partial charge < -0.3 is 0 Å². The van der Waals surface area contributed by atoms with E-state index in [0.29, 0.717) is 15.1 Å². The summed E-state index contributed by atoms with van der Waals surface area (Å²) in [6.45, 7) is 0. The molecule has 3 N–H and O–H groups in total. The molecular weight excluding hydrogens is 370 g/mol. The molecule has 0 aromatic heterocycles. The Labute approximate surface area is 134 Å². The standard InChI is InChI=1S/C13H10BrCl3N2/c14-8-3-7(4-10(16)5-8)13(19-18)11-6-9(15)1-2-12(11)17/h1-6,13,19H,18H2. The van der Waals surface area contributed by atoms with Crippen molar-refractivity contribution in [3.05, 3.63) is 67.1 Å². The fourth-order valence-corrected chi connectivity index (χ4v) is 3.14. The van der Waals surface area contributed by atoms with Gasteiger partial charge >= 0.3 is 0 Å². The van der Waals surface area contributed by atoms with Crippen LogP contribution in [0.1, 0.15) is 17.2 Å². The molecule has 0 amide bonds. The normalized spacial score (nSPS) is 12.5. The molecule has 2 rings (SSSR count). The molecule has 2 nitrogen and oxygen atoms in total. The average molecular weight is 381 g/mol. The van der Waals surface area contributed by atoms with Crippen molar-refractivity contribution in [3.63, 3.8) is 0 Å². The molecule has 0 spiro atoms. The highest BCUT2D eigenvalue weighted by Gasteiger charge is 2.17. The van der Waals surface area contributed by atoms with Crippen LogP contribution in [0, 0.1) is 0 Å². The van der Waals surface area contributed by atoms with E-state index in [-0.39, 0.29) is 6.04 Å². The van der Waals surface area contributed by atoms with Crippen LogP contribution in [0.5, 0.6) is 0 Å². The van der Waals surface area contributed by atoms with Gasteiger partial charge in [-0.3, -0.25) is 5.84 Å². The molecule has 0 heterocycles. The molecular formula is C13H10BrCl3N2. The number of hydrazine groups is 1. The van der Waals surface area contributed by atoms with Crippen molar-refractivity contribution in [3.8, 4) is 0 Å². The van der Waals surface area contributed by atoms with Crippen LogP contribution in [0.3, 0.4) is 0 Å². The third kappa shape index (κ3) is 3.63. The van der Waals surface area contributed by atoms with Gasteiger partial charge in [-0.2, -0.15) is 0 Å². The summed E-state index contributed by atoms with van der Waals surface area (Å²) in [5, 5.41) is 1.80. The number of nitrogens with one attached hydrogen (secondary N) is 1. The third-order valence-electron chi connectivity index (χ3n) is 2.65. The molecule has 19 heavy (non-hydrogen) atoms. The first-order valence-corrected chi connectivity index (χ1v) is 7.31. The van der Waals surface area contributed by atoms with Gasteiger partial charge in [0.2, 0.25) is 0 Å². The monoisotopic (exact) mass is 378 g/mol. The van der Waals surface area contributed by atoms with E-state index in [2.05, 4.69) is 21.4 Å². The minimum absolute atomic E-state index is 0.291. The predicted octanol–water partition coefficient (Wildman–Crippen LogP) is 4.96. The first kappa shape index (κ1) is 15.1. The molecule has 0 aliphatic heterocycles. The Morgan fingerprint density at radius 3 is 2.37 bits per heavy atom. The molecule has 100 valence electrons. The Balaban J connectivity index is 2.52. The summed E-state index contributed by atoms with van der Waals surface area (Å²) in [7, 11) is 0. The van der Waals surface area contributed by atoms with Gasteiger partial charge in [-0.05, 0) is 47.5 Å². The Hall–Kier alpha value is -0.290. The molecule has 0 saturated carbocycles. The molecule has 1 unspecified atom stereocenters. The minimum atomic E-state index is -0.291. The van der Waals surface area contributed by atoms with Crippen LogP contribution in [0.25, 0.3) is 0 Å². The summed E-state index contributed by atoms with van der Waals surface area (Å²) in [5.74, 6) is 5.65. The highest BCUT2D eigenvalue weighted by Crippen LogP contribution is 2.32. The Morgan fingerprint density at radius 2 is 1.74 bits per heavy atom. The lowest BCUT2D eigenvalue weighted by Gasteiger charge is -2.19. The zero-order valence-corrected chi connectivity index (χ0v) is 13.5. The topological polar surface area (TPSA) is 38.0 Å². The van der Waals surface area contributed by atoms with Gasteiger partial charge in [-0.25, -0.2) is 5.43 Å². The van der Waals surface area contributed by atoms with Gasteiger partial charge in [-0.15, -0.1) is 0 Å². The molecule has 0 bridgehead atoms. The third-order valence-corrected chi connectivity index (χ3v) is 3.91. The van der Waals surface area contributed by atoms with E-state index >= 15 is 0 Å². The second kappa shape index (κ2) is 6.44. The lowest BCUT2D eigenvalue weighted by atomic mass is 9.99. The molecule has 0 fully saturated rings. The first-order valence-electron chi connectivity index (χ1n) is 5.38. The number of benzene rings is 2. The minimum Gasteiger partial charge on any atom is -0.271 e. The smallest absolute Gasteiger partial charge is 0.0725 e.